The Kier molecular flexibility index (Phi) is 8.33. The fourth-order valence-corrected chi connectivity index (χ4v) is 5.36. The van der Waals surface area contributed by atoms with E-state index in [1.165, 1.54) is 0 Å². The van der Waals surface area contributed by atoms with Crippen LogP contribution in [0.25, 0.3) is 5.69 Å². The fraction of sp³-hybridized carbons (Fsp3) is 0.333. The van der Waals surface area contributed by atoms with Crippen LogP contribution in [0.2, 0.25) is 0 Å². The molecule has 1 saturated heterocycles. The molecule has 2 aromatic heterocycles. The maximum absolute atomic E-state index is 13.5. The van der Waals surface area contributed by atoms with Gasteiger partial charge >= 0.3 is 5.24 Å². The van der Waals surface area contributed by atoms with Crippen molar-refractivity contribution >= 4 is 45.0 Å². The molecule has 1 atom stereocenters. The average Bonchev–Trinajstić information content (AvgIpc) is 3.48. The van der Waals surface area contributed by atoms with E-state index in [0.29, 0.717) is 41.0 Å². The Hall–Kier alpha value is -4.03. The van der Waals surface area contributed by atoms with Crippen LogP contribution in [0, 0.1) is 5.92 Å². The molecule has 12 heteroatoms. The molecule has 0 saturated carbocycles. The number of rotatable bonds is 4. The topological polar surface area (TPSA) is 141 Å². The van der Waals surface area contributed by atoms with E-state index in [4.69, 9.17) is 5.11 Å². The van der Waals surface area contributed by atoms with Gasteiger partial charge in [-0.25, -0.2) is 13.9 Å². The summed E-state index contributed by atoms with van der Waals surface area (Å²) in [4.78, 5) is 32.6. The molecule has 11 nitrogen and oxygen atoms in total. The lowest BCUT2D eigenvalue weighted by Gasteiger charge is -2.34. The van der Waals surface area contributed by atoms with Crippen molar-refractivity contribution in [3.05, 3.63) is 66.5 Å². The van der Waals surface area contributed by atoms with Gasteiger partial charge in [-0.15, -0.1) is 0 Å². The predicted molar refractivity (Wildman–Crippen MR) is 152 cm³/mol. The van der Waals surface area contributed by atoms with Crippen LogP contribution in [0.15, 0.2) is 60.9 Å². The van der Waals surface area contributed by atoms with Gasteiger partial charge in [-0.2, -0.15) is 5.10 Å². The van der Waals surface area contributed by atoms with Gasteiger partial charge in [-0.1, -0.05) is 12.2 Å². The summed E-state index contributed by atoms with van der Waals surface area (Å²) in [5.74, 6) is 1.05. The second-order valence-electron chi connectivity index (χ2n) is 9.41. The second kappa shape index (κ2) is 12.2. The quantitative estimate of drug-likeness (QED) is 0.363. The highest BCUT2D eigenvalue weighted by Crippen LogP contribution is 2.31. The van der Waals surface area contributed by atoms with Gasteiger partial charge in [0.05, 0.1) is 23.6 Å². The van der Waals surface area contributed by atoms with Gasteiger partial charge in [0, 0.05) is 37.7 Å². The first-order chi connectivity index (χ1) is 19.0. The van der Waals surface area contributed by atoms with Crippen LogP contribution in [0.5, 0.6) is 0 Å². The average molecular weight is 550 g/mol. The molecule has 0 aliphatic carbocycles. The van der Waals surface area contributed by atoms with Crippen LogP contribution in [0.4, 0.5) is 27.8 Å². The minimum atomic E-state index is -1.86. The van der Waals surface area contributed by atoms with Crippen molar-refractivity contribution in [3.63, 3.8) is 0 Å². The molecule has 1 fully saturated rings. The van der Waals surface area contributed by atoms with Crippen molar-refractivity contribution in [2.24, 2.45) is 5.92 Å². The van der Waals surface area contributed by atoms with Gasteiger partial charge < -0.3 is 26.0 Å². The van der Waals surface area contributed by atoms with Gasteiger partial charge in [0.2, 0.25) is 0 Å². The van der Waals surface area contributed by atoms with E-state index in [1.807, 2.05) is 18.3 Å². The maximum atomic E-state index is 13.5. The zero-order valence-corrected chi connectivity index (χ0v) is 22.2. The first-order valence-corrected chi connectivity index (χ1v) is 14.2. The number of aliphatic hydroxyl groups is 1. The zero-order valence-electron chi connectivity index (χ0n) is 21.4. The van der Waals surface area contributed by atoms with E-state index in [9.17, 15) is 13.8 Å². The second-order valence-corrected chi connectivity index (χ2v) is 10.9. The first kappa shape index (κ1) is 26.6. The molecule has 3 aliphatic heterocycles. The number of pyridine rings is 1. The number of carbonyl (C=O) groups excluding carboxylic acids is 2. The van der Waals surface area contributed by atoms with E-state index >= 15 is 0 Å². The first-order valence-electron chi connectivity index (χ1n) is 12.9. The number of aromatic nitrogens is 3. The van der Waals surface area contributed by atoms with Crippen LogP contribution < -0.4 is 20.9 Å². The van der Waals surface area contributed by atoms with Gasteiger partial charge in [0.1, 0.15) is 22.3 Å². The van der Waals surface area contributed by atoms with E-state index in [0.717, 1.165) is 38.0 Å². The van der Waals surface area contributed by atoms with Crippen molar-refractivity contribution < 1.29 is 18.9 Å². The third-order valence-electron chi connectivity index (χ3n) is 6.82. The van der Waals surface area contributed by atoms with Gasteiger partial charge in [0.15, 0.2) is 5.82 Å². The smallest absolute Gasteiger partial charge is 0.313 e. The van der Waals surface area contributed by atoms with Gasteiger partial charge in [-0.3, -0.25) is 9.59 Å². The molecular formula is C27H31N7O4S. The Morgan fingerprint density at radius 3 is 2.77 bits per heavy atom. The number of fused-ring (bicyclic) bond motifs is 6. The largest absolute Gasteiger partial charge is 0.395 e. The Morgan fingerprint density at radius 1 is 1.15 bits per heavy atom. The molecule has 4 bridgehead atoms. The lowest BCUT2D eigenvalue weighted by Crippen LogP contribution is -2.35. The van der Waals surface area contributed by atoms with Crippen LogP contribution in [-0.2, 0) is 10.8 Å². The molecule has 0 radical (unpaired) electrons. The number of anilines is 4. The SMILES string of the molecule is O=C1Nc2ccc(-n3cccn3)c(n2)NC/C=C/CC2CCN(CC2)c2cc(NC(=O)S(=O)CCO)ccc21. The lowest BCUT2D eigenvalue weighted by molar-refractivity contribution is 0.102. The number of hydrogen-bond donors (Lipinski definition) is 4. The number of hydrogen-bond acceptors (Lipinski definition) is 8. The molecule has 39 heavy (non-hydrogen) atoms. The number of benzene rings is 1. The number of amides is 2. The van der Waals surface area contributed by atoms with E-state index < -0.39 is 16.0 Å². The van der Waals surface area contributed by atoms with Crippen LogP contribution in [0.3, 0.4) is 0 Å². The highest BCUT2D eigenvalue weighted by molar-refractivity contribution is 8.00. The van der Waals surface area contributed by atoms with Crippen LogP contribution >= 0.6 is 0 Å². The van der Waals surface area contributed by atoms with Crippen molar-refractivity contribution in [2.45, 2.75) is 19.3 Å². The number of allylic oxidation sites excluding steroid dienone is 1. The number of aliphatic hydroxyl groups excluding tert-OH is 1. The third-order valence-corrected chi connectivity index (χ3v) is 7.89. The Labute approximate surface area is 228 Å². The molecule has 3 aromatic rings. The van der Waals surface area contributed by atoms with E-state index in [1.54, 1.807) is 35.1 Å². The minimum Gasteiger partial charge on any atom is -0.395 e. The van der Waals surface area contributed by atoms with Crippen molar-refractivity contribution in [3.8, 4) is 5.69 Å². The lowest BCUT2D eigenvalue weighted by atomic mass is 9.92. The highest BCUT2D eigenvalue weighted by atomic mass is 32.2. The van der Waals surface area contributed by atoms with Gasteiger partial charge in [-0.05, 0) is 61.6 Å². The molecular weight excluding hydrogens is 518 g/mol. The van der Waals surface area contributed by atoms with Crippen molar-refractivity contribution in [1.29, 1.82) is 0 Å². The number of nitrogens with one attached hydrogen (secondary N) is 3. The zero-order chi connectivity index (χ0) is 27.2. The summed E-state index contributed by atoms with van der Waals surface area (Å²) in [5, 5.41) is 21.5. The van der Waals surface area contributed by atoms with E-state index in [2.05, 4.69) is 43.1 Å². The standard InChI is InChI=1S/C27H31N7O4S/c35-16-17-39(38)27(37)30-20-5-6-21-23(18-20)33-14-9-19(10-15-33)4-1-2-11-28-25-22(34-13-3-12-29-34)7-8-24(31-25)32-26(21)36/h1-3,5-8,12-13,18-19,35H,4,9-11,14-17H2,(H,30,37)(H2,28,31,32,36)/b2-1+. The summed E-state index contributed by atoms with van der Waals surface area (Å²) in [7, 11) is -1.86. The molecule has 1 unspecified atom stereocenters. The fourth-order valence-electron chi connectivity index (χ4n) is 4.78. The van der Waals surface area contributed by atoms with E-state index in [-0.39, 0.29) is 18.3 Å². The van der Waals surface area contributed by atoms with Gasteiger partial charge in [0.25, 0.3) is 5.91 Å². The van der Waals surface area contributed by atoms with Crippen LogP contribution in [-0.4, -0.2) is 67.2 Å². The number of piperidine rings is 1. The summed E-state index contributed by atoms with van der Waals surface area (Å²) in [6.45, 7) is 1.79. The van der Waals surface area contributed by atoms with Crippen molar-refractivity contribution in [2.75, 3.05) is 52.8 Å². The normalized spacial score (nSPS) is 17.6. The molecule has 4 N–H and O–H groups in total. The number of carbonyl (C=O) groups is 2. The third kappa shape index (κ3) is 6.35. The maximum Gasteiger partial charge on any atom is 0.313 e. The molecule has 2 amide bonds. The monoisotopic (exact) mass is 549 g/mol. The highest BCUT2D eigenvalue weighted by Gasteiger charge is 2.24. The molecule has 204 valence electrons. The predicted octanol–water partition coefficient (Wildman–Crippen LogP) is 3.38. The summed E-state index contributed by atoms with van der Waals surface area (Å²) in [6.07, 6.45) is 10.7. The summed E-state index contributed by atoms with van der Waals surface area (Å²) in [5.41, 5.74) is 2.33. The molecule has 1 aromatic carbocycles. The Balaban J connectivity index is 1.48. The Morgan fingerprint density at radius 2 is 2.00 bits per heavy atom. The molecule has 3 aliphatic rings. The molecule has 5 heterocycles. The Bertz CT molecular complexity index is 1380. The molecule has 6 rings (SSSR count). The summed E-state index contributed by atoms with van der Waals surface area (Å²) >= 11 is 0. The minimum absolute atomic E-state index is 0.135. The summed E-state index contributed by atoms with van der Waals surface area (Å²) in [6, 6.07) is 10.4. The molecule has 0 spiro atoms. The summed E-state index contributed by atoms with van der Waals surface area (Å²) < 4.78 is 13.7. The van der Waals surface area contributed by atoms with Crippen molar-refractivity contribution in [1.82, 2.24) is 14.8 Å². The van der Waals surface area contributed by atoms with Crippen LogP contribution in [0.1, 0.15) is 29.6 Å². The number of nitrogens with zero attached hydrogens (tertiary/aromatic N) is 4.